The minimum Gasteiger partial charge on any atom is -0.496 e. The van der Waals surface area contributed by atoms with Gasteiger partial charge >= 0.3 is 5.97 Å². The average Bonchev–Trinajstić information content (AvgIpc) is 2.60. The van der Waals surface area contributed by atoms with Crippen molar-refractivity contribution in [2.75, 3.05) is 13.7 Å². The quantitative estimate of drug-likeness (QED) is 0.403. The molecule has 0 radical (unpaired) electrons. The van der Waals surface area contributed by atoms with Crippen LogP contribution in [0.5, 0.6) is 5.75 Å². The summed E-state index contributed by atoms with van der Waals surface area (Å²) in [5, 5.41) is 0.0484. The molecule has 0 aromatic heterocycles. The summed E-state index contributed by atoms with van der Waals surface area (Å²) in [7, 11) is 1.45. The van der Waals surface area contributed by atoms with Crippen LogP contribution < -0.4 is 4.74 Å². The number of ketones is 1. The lowest BCUT2D eigenvalue weighted by molar-refractivity contribution is -0.141. The van der Waals surface area contributed by atoms with Gasteiger partial charge in [0.25, 0.3) is 0 Å². The highest BCUT2D eigenvalue weighted by Crippen LogP contribution is 2.28. The summed E-state index contributed by atoms with van der Waals surface area (Å²) in [5.74, 6) is -1.12. The molecule has 0 saturated carbocycles. The Hall–Kier alpha value is -2.40. The molecule has 0 aliphatic heterocycles. The summed E-state index contributed by atoms with van der Waals surface area (Å²) in [5.41, 5.74) is 2.28. The second-order valence-electron chi connectivity index (χ2n) is 5.77. The largest absolute Gasteiger partial charge is 0.496 e. The molecule has 2 aromatic carbocycles. The van der Waals surface area contributed by atoms with Crippen molar-refractivity contribution < 1.29 is 23.5 Å². The monoisotopic (exact) mass is 378 g/mol. The van der Waals surface area contributed by atoms with Crippen molar-refractivity contribution in [3.8, 4) is 5.75 Å². The molecule has 0 fully saturated rings. The molecule has 0 spiro atoms. The van der Waals surface area contributed by atoms with Gasteiger partial charge in [0.1, 0.15) is 18.0 Å². The number of halogens is 2. The Morgan fingerprint density at radius 1 is 1.19 bits per heavy atom. The topological polar surface area (TPSA) is 52.6 Å². The van der Waals surface area contributed by atoms with E-state index < -0.39 is 17.6 Å². The van der Waals surface area contributed by atoms with E-state index in [0.29, 0.717) is 11.3 Å². The van der Waals surface area contributed by atoms with Gasteiger partial charge in [0.2, 0.25) is 0 Å². The third-order valence-electron chi connectivity index (χ3n) is 3.98. The van der Waals surface area contributed by atoms with Gasteiger partial charge in [0.05, 0.1) is 24.3 Å². The van der Waals surface area contributed by atoms with E-state index in [4.69, 9.17) is 21.1 Å². The molecule has 0 bridgehead atoms. The summed E-state index contributed by atoms with van der Waals surface area (Å²) < 4.78 is 24.3. The van der Waals surface area contributed by atoms with Gasteiger partial charge < -0.3 is 9.47 Å². The van der Waals surface area contributed by atoms with Gasteiger partial charge in [-0.25, -0.2) is 4.39 Å². The van der Waals surface area contributed by atoms with E-state index in [1.54, 1.807) is 31.2 Å². The van der Waals surface area contributed by atoms with Crippen molar-refractivity contribution in [1.29, 1.82) is 0 Å². The zero-order valence-electron chi connectivity index (χ0n) is 14.9. The predicted octanol–water partition coefficient (Wildman–Crippen LogP) is 4.52. The van der Waals surface area contributed by atoms with Crippen LogP contribution in [0.15, 0.2) is 30.3 Å². The first kappa shape index (κ1) is 19.9. The molecule has 6 heteroatoms. The number of esters is 1. The first-order chi connectivity index (χ1) is 12.4. The number of rotatable bonds is 7. The third-order valence-corrected chi connectivity index (χ3v) is 4.27. The Labute approximate surface area is 156 Å². The van der Waals surface area contributed by atoms with Crippen molar-refractivity contribution in [2.24, 2.45) is 0 Å². The van der Waals surface area contributed by atoms with Gasteiger partial charge in [-0.3, -0.25) is 9.59 Å². The van der Waals surface area contributed by atoms with Crippen molar-refractivity contribution in [3.05, 3.63) is 63.4 Å². The van der Waals surface area contributed by atoms with Crippen molar-refractivity contribution in [2.45, 2.75) is 26.7 Å². The Kier molecular flexibility index (Phi) is 6.75. The Balaban J connectivity index is 2.37. The number of Topliss-reactive ketones (excluding diaryl/α,β-unsaturated/α-hetero) is 1. The lowest BCUT2D eigenvalue weighted by Gasteiger charge is -2.14. The fourth-order valence-electron chi connectivity index (χ4n) is 2.63. The molecule has 26 heavy (non-hydrogen) atoms. The van der Waals surface area contributed by atoms with E-state index in [1.165, 1.54) is 13.2 Å². The van der Waals surface area contributed by atoms with Crippen molar-refractivity contribution in [1.82, 2.24) is 0 Å². The molecule has 0 unspecified atom stereocenters. The summed E-state index contributed by atoms with van der Waals surface area (Å²) in [6.07, 6.45) is -0.111. The molecule has 0 atom stereocenters. The first-order valence-corrected chi connectivity index (χ1v) is 8.54. The molecule has 0 heterocycles. The fraction of sp³-hybridized carbons (Fsp3) is 0.300. The van der Waals surface area contributed by atoms with Crippen LogP contribution in [0, 0.1) is 12.7 Å². The van der Waals surface area contributed by atoms with E-state index in [1.807, 2.05) is 6.92 Å². The lowest BCUT2D eigenvalue weighted by atomic mass is 9.95. The van der Waals surface area contributed by atoms with E-state index in [0.717, 1.165) is 11.1 Å². The highest BCUT2D eigenvalue weighted by Gasteiger charge is 2.19. The average molecular weight is 379 g/mol. The lowest BCUT2D eigenvalue weighted by Crippen LogP contribution is -2.13. The van der Waals surface area contributed by atoms with Crippen LogP contribution >= 0.6 is 11.6 Å². The normalized spacial score (nSPS) is 10.5. The van der Waals surface area contributed by atoms with Crippen LogP contribution in [0.2, 0.25) is 5.02 Å². The third kappa shape index (κ3) is 4.61. The van der Waals surface area contributed by atoms with Gasteiger partial charge in [-0.15, -0.1) is 0 Å². The molecule has 138 valence electrons. The van der Waals surface area contributed by atoms with E-state index in [2.05, 4.69) is 0 Å². The molecule has 0 aliphatic carbocycles. The summed E-state index contributed by atoms with van der Waals surface area (Å²) in [6, 6.07) is 8.14. The number of carbonyl (C=O) groups is 2. The van der Waals surface area contributed by atoms with Crippen LogP contribution in [0.4, 0.5) is 4.39 Å². The number of methoxy groups -OCH3 is 1. The highest BCUT2D eigenvalue weighted by molar-refractivity contribution is 6.30. The zero-order chi connectivity index (χ0) is 19.3. The van der Waals surface area contributed by atoms with Gasteiger partial charge in [0, 0.05) is 6.42 Å². The maximum absolute atomic E-state index is 14.2. The Morgan fingerprint density at radius 2 is 1.92 bits per heavy atom. The molecule has 2 rings (SSSR count). The smallest absolute Gasteiger partial charge is 0.313 e. The summed E-state index contributed by atoms with van der Waals surface area (Å²) in [6.45, 7) is 3.73. The molecular weight excluding hydrogens is 359 g/mol. The molecular formula is C20H20ClFO4. The van der Waals surface area contributed by atoms with Gasteiger partial charge in [-0.05, 0) is 48.7 Å². The standard InChI is InChI=1S/C20H20ClFO4/c1-4-26-19(24)11-17(23)15-10-14(12(2)8-18(15)25-3)9-13-6-5-7-16(21)20(13)22/h5-8,10H,4,9,11H2,1-3H3. The molecule has 0 N–H and O–H groups in total. The Bertz CT molecular complexity index is 833. The van der Waals surface area contributed by atoms with Gasteiger partial charge in [-0.1, -0.05) is 23.7 Å². The number of aryl methyl sites for hydroxylation is 1. The van der Waals surface area contributed by atoms with Crippen LogP contribution in [0.1, 0.15) is 40.4 Å². The van der Waals surface area contributed by atoms with Crippen molar-refractivity contribution in [3.63, 3.8) is 0 Å². The molecule has 4 nitrogen and oxygen atoms in total. The number of hydrogen-bond donors (Lipinski definition) is 0. The molecule has 0 saturated heterocycles. The van der Waals surface area contributed by atoms with Gasteiger partial charge in [0.15, 0.2) is 5.78 Å². The molecule has 0 aliphatic rings. The van der Waals surface area contributed by atoms with Crippen LogP contribution in [0.25, 0.3) is 0 Å². The zero-order valence-corrected chi connectivity index (χ0v) is 15.7. The summed E-state index contributed by atoms with van der Waals surface area (Å²) >= 11 is 5.84. The minimum atomic E-state index is -0.595. The highest BCUT2D eigenvalue weighted by atomic mass is 35.5. The van der Waals surface area contributed by atoms with E-state index >= 15 is 0 Å². The number of carbonyl (C=O) groups excluding carboxylic acids is 2. The van der Waals surface area contributed by atoms with Crippen LogP contribution in [0.3, 0.4) is 0 Å². The van der Waals surface area contributed by atoms with Crippen molar-refractivity contribution >= 4 is 23.4 Å². The Morgan fingerprint density at radius 3 is 2.58 bits per heavy atom. The number of ether oxygens (including phenoxy) is 2. The molecule has 0 amide bonds. The van der Waals surface area contributed by atoms with E-state index in [9.17, 15) is 14.0 Å². The van der Waals surface area contributed by atoms with Crippen LogP contribution in [-0.2, 0) is 16.0 Å². The van der Waals surface area contributed by atoms with Crippen LogP contribution in [-0.4, -0.2) is 25.5 Å². The number of benzene rings is 2. The second-order valence-corrected chi connectivity index (χ2v) is 6.18. The predicted molar refractivity (Wildman–Crippen MR) is 97.5 cm³/mol. The SMILES string of the molecule is CCOC(=O)CC(=O)c1cc(Cc2cccc(Cl)c2F)c(C)cc1OC. The second kappa shape index (κ2) is 8.81. The molecule has 2 aromatic rings. The minimum absolute atomic E-state index is 0.0484. The van der Waals surface area contributed by atoms with E-state index in [-0.39, 0.29) is 30.0 Å². The fourth-order valence-corrected chi connectivity index (χ4v) is 2.83. The maximum atomic E-state index is 14.2. The first-order valence-electron chi connectivity index (χ1n) is 8.16. The maximum Gasteiger partial charge on any atom is 0.313 e. The summed E-state index contributed by atoms with van der Waals surface area (Å²) in [4.78, 5) is 24.1. The number of hydrogen-bond acceptors (Lipinski definition) is 4. The van der Waals surface area contributed by atoms with Gasteiger partial charge in [-0.2, -0.15) is 0 Å².